The second-order valence-electron chi connectivity index (χ2n) is 12.1. The van der Waals surface area contributed by atoms with Gasteiger partial charge in [-0.05, 0) is 67.5 Å². The number of carbonyl (C=O) groups is 1. The summed E-state index contributed by atoms with van der Waals surface area (Å²) < 4.78 is 6.70. The normalized spacial score (nSPS) is 30.6. The minimum atomic E-state index is -1.03. The summed E-state index contributed by atoms with van der Waals surface area (Å²) in [6.45, 7) is 10.2. The van der Waals surface area contributed by atoms with Crippen molar-refractivity contribution >= 4 is 29.1 Å². The Morgan fingerprint density at radius 2 is 2.05 bits per heavy atom. The van der Waals surface area contributed by atoms with Gasteiger partial charge in [0.25, 0.3) is 0 Å². The number of ether oxygens (including phenoxy) is 1. The maximum absolute atomic E-state index is 14.0. The number of carbonyl (C=O) groups excluding carboxylic acids is 1. The van der Waals surface area contributed by atoms with E-state index in [1.165, 1.54) is 0 Å². The van der Waals surface area contributed by atoms with E-state index in [9.17, 15) is 15.0 Å². The lowest BCUT2D eigenvalue weighted by Crippen LogP contribution is -2.78. The van der Waals surface area contributed by atoms with Gasteiger partial charge in [-0.3, -0.25) is 9.69 Å². The Hall–Kier alpha value is -2.25. The summed E-state index contributed by atoms with van der Waals surface area (Å²) in [4.78, 5) is 18.3. The van der Waals surface area contributed by atoms with Crippen molar-refractivity contribution in [2.75, 3.05) is 19.6 Å². The molecule has 2 N–H and O–H groups in total. The zero-order valence-electron chi connectivity index (χ0n) is 22.5. The van der Waals surface area contributed by atoms with Crippen LogP contribution in [0.4, 0.5) is 0 Å². The topological polar surface area (TPSA) is 73.2 Å². The van der Waals surface area contributed by atoms with Crippen LogP contribution in [0.15, 0.2) is 43.0 Å². The van der Waals surface area contributed by atoms with E-state index < -0.39 is 17.1 Å². The number of nitrogens with zero attached hydrogens (tertiary/aromatic N) is 2. The lowest BCUT2D eigenvalue weighted by molar-refractivity contribution is -0.200. The smallest absolute Gasteiger partial charge is 0.227 e. The summed E-state index contributed by atoms with van der Waals surface area (Å²) in [5.74, 6) is 0.819. The van der Waals surface area contributed by atoms with E-state index in [0.29, 0.717) is 54.6 Å². The van der Waals surface area contributed by atoms with Crippen molar-refractivity contribution in [1.82, 2.24) is 9.80 Å². The molecule has 1 amide bonds. The van der Waals surface area contributed by atoms with Gasteiger partial charge in [0.2, 0.25) is 5.91 Å². The number of likely N-dealkylation sites (tertiary alicyclic amines) is 1. The molecule has 6 rings (SSSR count). The summed E-state index contributed by atoms with van der Waals surface area (Å²) in [5, 5.41) is 24.4. The number of rotatable bonds is 7. The van der Waals surface area contributed by atoms with Crippen LogP contribution >= 0.6 is 23.2 Å². The highest BCUT2D eigenvalue weighted by atomic mass is 35.5. The first kappa shape index (κ1) is 26.9. The van der Waals surface area contributed by atoms with Crippen molar-refractivity contribution in [3.63, 3.8) is 0 Å². The standard InChI is InChI=1S/C31H36Cl2N2O4/c1-4-12-34-13-11-30-27-20-6-8-24(36)28(27)39-29(30)23(9-10-31(30,38)25(34)16-20)35(17-18(2)3)26(37)15-19-5-7-21(32)22(33)14-19/h4-8,14,18,23,25,29,36,38H,1,9-13,15-17H2,2-3H3/t23-,25+,29-,30-,31+/m0/s1. The zero-order chi connectivity index (χ0) is 27.7. The highest BCUT2D eigenvalue weighted by Crippen LogP contribution is 2.65. The van der Waals surface area contributed by atoms with E-state index in [0.717, 1.165) is 23.2 Å². The number of aliphatic hydroxyl groups is 1. The molecule has 2 heterocycles. The Kier molecular flexibility index (Phi) is 6.69. The molecule has 208 valence electrons. The minimum absolute atomic E-state index is 0.00520. The molecule has 5 atom stereocenters. The Morgan fingerprint density at radius 3 is 2.77 bits per heavy atom. The molecule has 0 aromatic heterocycles. The summed E-state index contributed by atoms with van der Waals surface area (Å²) in [7, 11) is 0. The number of hydrogen-bond donors (Lipinski definition) is 2. The van der Waals surface area contributed by atoms with E-state index in [1.54, 1.807) is 18.2 Å². The van der Waals surface area contributed by atoms with Gasteiger partial charge in [-0.25, -0.2) is 0 Å². The number of halogens is 2. The first-order chi connectivity index (χ1) is 18.6. The molecule has 2 aliphatic carbocycles. The molecular formula is C31H36Cl2N2O4. The molecule has 8 heteroatoms. The summed E-state index contributed by atoms with van der Waals surface area (Å²) >= 11 is 12.4. The number of hydrogen-bond acceptors (Lipinski definition) is 5. The summed E-state index contributed by atoms with van der Waals surface area (Å²) in [6, 6.07) is 8.68. The summed E-state index contributed by atoms with van der Waals surface area (Å²) in [6.07, 6.45) is 4.20. The van der Waals surface area contributed by atoms with Gasteiger partial charge in [0, 0.05) is 24.7 Å². The average molecular weight is 572 g/mol. The van der Waals surface area contributed by atoms with Crippen LogP contribution in [0.3, 0.4) is 0 Å². The lowest BCUT2D eigenvalue weighted by atomic mass is 9.48. The number of phenolic OH excluding ortho intramolecular Hbond substituents is 1. The van der Waals surface area contributed by atoms with Crippen molar-refractivity contribution in [2.45, 2.75) is 75.2 Å². The number of benzene rings is 2. The number of amides is 1. The van der Waals surface area contributed by atoms with Gasteiger partial charge in [0.15, 0.2) is 11.5 Å². The van der Waals surface area contributed by atoms with Crippen LogP contribution in [0.2, 0.25) is 10.0 Å². The Balaban J connectivity index is 1.42. The van der Waals surface area contributed by atoms with Crippen LogP contribution in [-0.4, -0.2) is 69.3 Å². The molecule has 0 unspecified atom stereocenters. The Morgan fingerprint density at radius 1 is 1.26 bits per heavy atom. The number of phenols is 1. The quantitative estimate of drug-likeness (QED) is 0.451. The summed E-state index contributed by atoms with van der Waals surface area (Å²) in [5.41, 5.74) is 1.15. The molecule has 6 nitrogen and oxygen atoms in total. The van der Waals surface area contributed by atoms with Gasteiger partial charge in [-0.1, -0.05) is 55.3 Å². The van der Waals surface area contributed by atoms with Crippen molar-refractivity contribution in [1.29, 1.82) is 0 Å². The fourth-order valence-corrected chi connectivity index (χ4v) is 8.37. The maximum atomic E-state index is 14.0. The van der Waals surface area contributed by atoms with Gasteiger partial charge in [-0.15, -0.1) is 6.58 Å². The third-order valence-corrected chi connectivity index (χ3v) is 10.3. The third-order valence-electron chi connectivity index (χ3n) is 9.53. The zero-order valence-corrected chi connectivity index (χ0v) is 24.0. The van der Waals surface area contributed by atoms with Gasteiger partial charge in [0.1, 0.15) is 6.10 Å². The molecular weight excluding hydrogens is 535 g/mol. The first-order valence-electron chi connectivity index (χ1n) is 13.9. The molecule has 0 radical (unpaired) electrons. The molecule has 2 aromatic carbocycles. The van der Waals surface area contributed by atoms with Crippen LogP contribution < -0.4 is 4.74 Å². The van der Waals surface area contributed by atoms with Crippen molar-refractivity contribution in [3.8, 4) is 11.5 Å². The highest BCUT2D eigenvalue weighted by molar-refractivity contribution is 6.42. The average Bonchev–Trinajstić information content (AvgIpc) is 3.24. The molecule has 2 aromatic rings. The molecule has 2 fully saturated rings. The molecule has 1 saturated heterocycles. The van der Waals surface area contributed by atoms with E-state index in [4.69, 9.17) is 27.9 Å². The lowest BCUT2D eigenvalue weighted by Gasteiger charge is -2.64. The Bertz CT molecular complexity index is 1330. The molecule has 2 aliphatic heterocycles. The number of piperidine rings is 1. The first-order valence-corrected chi connectivity index (χ1v) is 14.7. The van der Waals surface area contributed by atoms with Gasteiger partial charge >= 0.3 is 0 Å². The van der Waals surface area contributed by atoms with Crippen molar-refractivity contribution in [3.05, 3.63) is 69.7 Å². The predicted molar refractivity (Wildman–Crippen MR) is 153 cm³/mol. The van der Waals surface area contributed by atoms with Gasteiger partial charge < -0.3 is 19.8 Å². The molecule has 1 spiro atoms. The predicted octanol–water partition coefficient (Wildman–Crippen LogP) is 5.14. The van der Waals surface area contributed by atoms with E-state index in [2.05, 4.69) is 25.3 Å². The molecule has 4 aliphatic rings. The van der Waals surface area contributed by atoms with E-state index in [1.807, 2.05) is 23.1 Å². The largest absolute Gasteiger partial charge is 0.504 e. The minimum Gasteiger partial charge on any atom is -0.504 e. The highest BCUT2D eigenvalue weighted by Gasteiger charge is 2.73. The molecule has 1 saturated carbocycles. The maximum Gasteiger partial charge on any atom is 0.227 e. The van der Waals surface area contributed by atoms with Crippen LogP contribution in [0.25, 0.3) is 0 Å². The second-order valence-corrected chi connectivity index (χ2v) is 12.9. The van der Waals surface area contributed by atoms with Crippen LogP contribution in [-0.2, 0) is 23.1 Å². The van der Waals surface area contributed by atoms with Crippen LogP contribution in [0.1, 0.15) is 49.8 Å². The second kappa shape index (κ2) is 9.69. The molecule has 39 heavy (non-hydrogen) atoms. The third kappa shape index (κ3) is 3.93. The van der Waals surface area contributed by atoms with E-state index in [-0.39, 0.29) is 36.1 Å². The Labute approximate surface area is 240 Å². The fourth-order valence-electron chi connectivity index (χ4n) is 8.05. The number of aromatic hydroxyl groups is 1. The van der Waals surface area contributed by atoms with Crippen molar-refractivity contribution < 1.29 is 19.7 Å². The van der Waals surface area contributed by atoms with Crippen LogP contribution in [0, 0.1) is 5.92 Å². The van der Waals surface area contributed by atoms with Gasteiger partial charge in [0.05, 0.1) is 33.5 Å². The van der Waals surface area contributed by atoms with Crippen molar-refractivity contribution in [2.24, 2.45) is 5.92 Å². The van der Waals surface area contributed by atoms with Gasteiger partial charge in [-0.2, -0.15) is 0 Å². The fraction of sp³-hybridized carbons (Fsp3) is 0.516. The molecule has 2 bridgehead atoms. The van der Waals surface area contributed by atoms with E-state index >= 15 is 0 Å². The monoisotopic (exact) mass is 570 g/mol. The SMILES string of the molecule is C=CCN1CC[C@]23c4c5ccc(O)c4O[C@H]2[C@@H](N(CC(C)C)C(=O)Cc2ccc(Cl)c(Cl)c2)CC[C@@]3(O)[C@H]1C5. The van der Waals surface area contributed by atoms with Crippen LogP contribution in [0.5, 0.6) is 11.5 Å².